The van der Waals surface area contributed by atoms with Gasteiger partial charge in [0.25, 0.3) is 5.91 Å². The highest BCUT2D eigenvalue weighted by molar-refractivity contribution is 9.09. The quantitative estimate of drug-likeness (QED) is 0.809. The van der Waals surface area contributed by atoms with Crippen molar-refractivity contribution >= 4 is 21.8 Å². The highest BCUT2D eigenvalue weighted by Crippen LogP contribution is 2.23. The van der Waals surface area contributed by atoms with Gasteiger partial charge in [0.05, 0.1) is 12.7 Å². The van der Waals surface area contributed by atoms with Crippen LogP contribution in [0.25, 0.3) is 0 Å². The van der Waals surface area contributed by atoms with Crippen LogP contribution in [0.3, 0.4) is 0 Å². The van der Waals surface area contributed by atoms with E-state index in [1.807, 2.05) is 25.1 Å². The number of hydrogen-bond donors (Lipinski definition) is 1. The minimum Gasteiger partial charge on any atom is -0.496 e. The van der Waals surface area contributed by atoms with Gasteiger partial charge in [-0.25, -0.2) is 0 Å². The van der Waals surface area contributed by atoms with E-state index in [0.29, 0.717) is 11.3 Å². The molecule has 0 aromatic heterocycles. The van der Waals surface area contributed by atoms with E-state index in [1.54, 1.807) is 7.11 Å². The second-order valence-corrected chi connectivity index (χ2v) is 5.34. The molecule has 1 N–H and O–H groups in total. The summed E-state index contributed by atoms with van der Waals surface area (Å²) in [5, 5.41) is 3.87. The summed E-state index contributed by atoms with van der Waals surface area (Å²) in [6.07, 6.45) is 1.77. The molecule has 0 saturated carbocycles. The van der Waals surface area contributed by atoms with Crippen molar-refractivity contribution in [2.45, 2.75) is 39.2 Å². The second kappa shape index (κ2) is 6.94. The van der Waals surface area contributed by atoms with Gasteiger partial charge >= 0.3 is 0 Å². The van der Waals surface area contributed by atoms with Gasteiger partial charge in [0.15, 0.2) is 0 Å². The Labute approximate surface area is 123 Å². The van der Waals surface area contributed by atoms with E-state index in [-0.39, 0.29) is 11.4 Å². The lowest BCUT2D eigenvalue weighted by Gasteiger charge is -2.31. The van der Waals surface area contributed by atoms with Crippen molar-refractivity contribution in [3.05, 3.63) is 29.3 Å². The molecular formula is C15H22BrNO2. The van der Waals surface area contributed by atoms with Crippen molar-refractivity contribution in [3.8, 4) is 5.75 Å². The van der Waals surface area contributed by atoms with Crippen LogP contribution in [-0.4, -0.2) is 23.9 Å². The lowest BCUT2D eigenvalue weighted by molar-refractivity contribution is 0.0900. The van der Waals surface area contributed by atoms with Crippen LogP contribution in [0.5, 0.6) is 5.75 Å². The zero-order chi connectivity index (χ0) is 14.5. The number of alkyl halides is 1. The number of carbonyl (C=O) groups excluding carboxylic acids is 1. The van der Waals surface area contributed by atoms with E-state index in [4.69, 9.17) is 4.74 Å². The van der Waals surface area contributed by atoms with Crippen LogP contribution in [0.2, 0.25) is 0 Å². The van der Waals surface area contributed by atoms with E-state index in [9.17, 15) is 4.79 Å². The zero-order valence-corrected chi connectivity index (χ0v) is 13.6. The SMILES string of the molecule is CCC(CC)(CBr)NC(=O)c1cc(C)ccc1OC. The van der Waals surface area contributed by atoms with Gasteiger partial charge in [-0.05, 0) is 31.9 Å². The largest absolute Gasteiger partial charge is 0.496 e. The normalized spacial score (nSPS) is 11.2. The lowest BCUT2D eigenvalue weighted by Crippen LogP contribution is -2.49. The molecule has 1 amide bonds. The highest BCUT2D eigenvalue weighted by atomic mass is 79.9. The molecule has 0 unspecified atom stereocenters. The summed E-state index contributed by atoms with van der Waals surface area (Å²) in [4.78, 5) is 12.5. The maximum atomic E-state index is 12.5. The average molecular weight is 328 g/mol. The van der Waals surface area contributed by atoms with E-state index < -0.39 is 0 Å². The van der Waals surface area contributed by atoms with Crippen LogP contribution in [-0.2, 0) is 0 Å². The van der Waals surface area contributed by atoms with Crippen LogP contribution < -0.4 is 10.1 Å². The molecule has 0 spiro atoms. The summed E-state index contributed by atoms with van der Waals surface area (Å²) in [6.45, 7) is 6.13. The first-order chi connectivity index (χ1) is 9.01. The fourth-order valence-electron chi connectivity index (χ4n) is 1.96. The second-order valence-electron chi connectivity index (χ2n) is 4.78. The summed E-state index contributed by atoms with van der Waals surface area (Å²) in [6, 6.07) is 5.63. The number of hydrogen-bond acceptors (Lipinski definition) is 2. The molecule has 0 fully saturated rings. The number of halogens is 1. The number of aryl methyl sites for hydroxylation is 1. The highest BCUT2D eigenvalue weighted by Gasteiger charge is 2.28. The van der Waals surface area contributed by atoms with Crippen LogP contribution in [0, 0.1) is 6.92 Å². The predicted octanol–water partition coefficient (Wildman–Crippen LogP) is 3.69. The molecule has 0 heterocycles. The molecule has 0 radical (unpaired) electrons. The Bertz CT molecular complexity index is 434. The molecule has 0 aliphatic carbocycles. The molecular weight excluding hydrogens is 306 g/mol. The van der Waals surface area contributed by atoms with Gasteiger partial charge in [-0.3, -0.25) is 4.79 Å². The fraction of sp³-hybridized carbons (Fsp3) is 0.533. The van der Waals surface area contributed by atoms with Gasteiger partial charge in [0.2, 0.25) is 0 Å². The maximum Gasteiger partial charge on any atom is 0.255 e. The monoisotopic (exact) mass is 327 g/mol. The standard InChI is InChI=1S/C15H22BrNO2/c1-5-15(6-2,10-16)17-14(18)12-9-11(3)7-8-13(12)19-4/h7-9H,5-6,10H2,1-4H3,(H,17,18). The number of rotatable bonds is 6. The molecule has 0 saturated heterocycles. The van der Waals surface area contributed by atoms with Crippen LogP contribution in [0.4, 0.5) is 0 Å². The molecule has 0 aliphatic rings. The minimum absolute atomic E-state index is 0.0799. The minimum atomic E-state index is -0.203. The third kappa shape index (κ3) is 3.72. The zero-order valence-electron chi connectivity index (χ0n) is 12.0. The van der Waals surface area contributed by atoms with E-state index in [0.717, 1.165) is 23.7 Å². The Morgan fingerprint density at radius 2 is 2.00 bits per heavy atom. The number of ether oxygens (including phenoxy) is 1. The molecule has 4 heteroatoms. The topological polar surface area (TPSA) is 38.3 Å². The molecule has 1 aromatic carbocycles. The molecule has 3 nitrogen and oxygen atoms in total. The Hall–Kier alpha value is -1.03. The molecule has 0 atom stereocenters. The van der Waals surface area contributed by atoms with Crippen molar-refractivity contribution in [2.75, 3.05) is 12.4 Å². The summed E-state index contributed by atoms with van der Waals surface area (Å²) in [5.41, 5.74) is 1.43. The van der Waals surface area contributed by atoms with Crippen molar-refractivity contribution in [2.24, 2.45) is 0 Å². The Morgan fingerprint density at radius 3 is 2.47 bits per heavy atom. The number of benzene rings is 1. The van der Waals surface area contributed by atoms with Crippen molar-refractivity contribution < 1.29 is 9.53 Å². The molecule has 1 aromatic rings. The van der Waals surface area contributed by atoms with Gasteiger partial charge < -0.3 is 10.1 Å². The summed E-state index contributed by atoms with van der Waals surface area (Å²) >= 11 is 3.50. The van der Waals surface area contributed by atoms with Gasteiger partial charge in [-0.2, -0.15) is 0 Å². The number of amides is 1. The van der Waals surface area contributed by atoms with Gasteiger partial charge in [0, 0.05) is 10.9 Å². The summed E-state index contributed by atoms with van der Waals surface area (Å²) in [7, 11) is 1.58. The smallest absolute Gasteiger partial charge is 0.255 e. The summed E-state index contributed by atoms with van der Waals surface area (Å²) < 4.78 is 5.26. The van der Waals surface area contributed by atoms with Crippen molar-refractivity contribution in [1.82, 2.24) is 5.32 Å². The third-order valence-electron chi connectivity index (χ3n) is 3.59. The van der Waals surface area contributed by atoms with Gasteiger partial charge in [-0.1, -0.05) is 41.4 Å². The summed E-state index contributed by atoms with van der Waals surface area (Å²) in [5.74, 6) is 0.530. The van der Waals surface area contributed by atoms with Crippen molar-refractivity contribution in [1.29, 1.82) is 0 Å². The Balaban J connectivity index is 3.03. The van der Waals surface area contributed by atoms with Gasteiger partial charge in [0.1, 0.15) is 5.75 Å². The van der Waals surface area contributed by atoms with E-state index in [1.165, 1.54) is 0 Å². The van der Waals surface area contributed by atoms with Crippen LogP contribution in [0.1, 0.15) is 42.6 Å². The predicted molar refractivity (Wildman–Crippen MR) is 82.3 cm³/mol. The van der Waals surface area contributed by atoms with Crippen molar-refractivity contribution in [3.63, 3.8) is 0 Å². The van der Waals surface area contributed by atoms with E-state index in [2.05, 4.69) is 35.1 Å². The van der Waals surface area contributed by atoms with Crippen LogP contribution in [0.15, 0.2) is 18.2 Å². The molecule has 0 aliphatic heterocycles. The van der Waals surface area contributed by atoms with Gasteiger partial charge in [-0.15, -0.1) is 0 Å². The molecule has 1 rings (SSSR count). The van der Waals surface area contributed by atoms with E-state index >= 15 is 0 Å². The first-order valence-electron chi connectivity index (χ1n) is 6.55. The fourth-order valence-corrected chi connectivity index (χ4v) is 2.89. The average Bonchev–Trinajstić information content (AvgIpc) is 2.44. The Morgan fingerprint density at radius 1 is 1.37 bits per heavy atom. The Kier molecular flexibility index (Phi) is 5.85. The first kappa shape index (κ1) is 16.0. The molecule has 106 valence electrons. The molecule has 19 heavy (non-hydrogen) atoms. The lowest BCUT2D eigenvalue weighted by atomic mass is 9.94. The number of methoxy groups -OCH3 is 1. The van der Waals surface area contributed by atoms with Crippen LogP contribution >= 0.6 is 15.9 Å². The first-order valence-corrected chi connectivity index (χ1v) is 7.67. The third-order valence-corrected chi connectivity index (χ3v) is 4.66. The number of carbonyl (C=O) groups is 1. The maximum absolute atomic E-state index is 12.5. The molecule has 0 bridgehead atoms. The number of nitrogens with one attached hydrogen (secondary N) is 1.